The Morgan fingerprint density at radius 3 is 3.06 bits per heavy atom. The fourth-order valence-corrected chi connectivity index (χ4v) is 2.50. The van der Waals surface area contributed by atoms with Crippen LogP contribution in [0.25, 0.3) is 16.2 Å². The van der Waals surface area contributed by atoms with E-state index in [9.17, 15) is 0 Å². The van der Waals surface area contributed by atoms with E-state index in [4.69, 9.17) is 10.5 Å². The van der Waals surface area contributed by atoms with Crippen molar-refractivity contribution in [2.24, 2.45) is 5.73 Å². The Morgan fingerprint density at radius 2 is 2.33 bits per heavy atom. The number of aromatic nitrogens is 3. The molecule has 0 fully saturated rings. The van der Waals surface area contributed by atoms with Gasteiger partial charge in [0.2, 0.25) is 4.96 Å². The molecule has 1 aromatic carbocycles. The predicted molar refractivity (Wildman–Crippen MR) is 70.7 cm³/mol. The van der Waals surface area contributed by atoms with Crippen LogP contribution in [-0.4, -0.2) is 21.7 Å². The molecule has 6 heteroatoms. The predicted octanol–water partition coefficient (Wildman–Crippen LogP) is 1.93. The molecule has 2 N–H and O–H groups in total. The number of hydrogen-bond acceptors (Lipinski definition) is 5. The van der Waals surface area contributed by atoms with E-state index in [0.29, 0.717) is 6.54 Å². The molecule has 0 saturated carbocycles. The van der Waals surface area contributed by atoms with Gasteiger partial charge in [0.05, 0.1) is 19.0 Å². The van der Waals surface area contributed by atoms with Crippen LogP contribution in [0.2, 0.25) is 0 Å². The van der Waals surface area contributed by atoms with Crippen molar-refractivity contribution in [3.63, 3.8) is 0 Å². The van der Waals surface area contributed by atoms with E-state index < -0.39 is 0 Å². The van der Waals surface area contributed by atoms with Gasteiger partial charge in [-0.3, -0.25) is 0 Å². The van der Waals surface area contributed by atoms with Gasteiger partial charge in [-0.25, -0.2) is 9.50 Å². The SMILES string of the molecule is COc1cccc(-c2cn3nc(CN)sc3n2)c1. The highest BCUT2D eigenvalue weighted by molar-refractivity contribution is 7.16. The van der Waals surface area contributed by atoms with E-state index in [1.54, 1.807) is 11.6 Å². The van der Waals surface area contributed by atoms with Gasteiger partial charge in [0.15, 0.2) is 0 Å². The number of rotatable bonds is 3. The minimum atomic E-state index is 0.447. The quantitative estimate of drug-likeness (QED) is 0.781. The van der Waals surface area contributed by atoms with Crippen LogP contribution in [0.15, 0.2) is 30.5 Å². The Balaban J connectivity index is 2.05. The van der Waals surface area contributed by atoms with Crippen LogP contribution in [0, 0.1) is 0 Å². The first-order chi connectivity index (χ1) is 8.80. The normalized spacial score (nSPS) is 11.0. The van der Waals surface area contributed by atoms with Gasteiger partial charge in [-0.2, -0.15) is 5.10 Å². The third-order valence-corrected chi connectivity index (χ3v) is 3.57. The lowest BCUT2D eigenvalue weighted by atomic mass is 10.1. The van der Waals surface area contributed by atoms with Gasteiger partial charge in [-0.15, -0.1) is 0 Å². The van der Waals surface area contributed by atoms with Gasteiger partial charge in [-0.05, 0) is 12.1 Å². The summed E-state index contributed by atoms with van der Waals surface area (Å²) in [7, 11) is 1.65. The molecule has 2 aromatic heterocycles. The number of hydrogen-bond donors (Lipinski definition) is 1. The number of nitrogens with two attached hydrogens (primary N) is 1. The molecular formula is C12H12N4OS. The highest BCUT2D eigenvalue weighted by Crippen LogP contribution is 2.25. The smallest absolute Gasteiger partial charge is 0.212 e. The molecule has 0 radical (unpaired) electrons. The Bertz CT molecular complexity index is 657. The molecule has 3 rings (SSSR count). The topological polar surface area (TPSA) is 65.4 Å². The number of benzene rings is 1. The third-order valence-electron chi connectivity index (χ3n) is 2.63. The summed E-state index contributed by atoms with van der Waals surface area (Å²) in [4.78, 5) is 5.39. The summed E-state index contributed by atoms with van der Waals surface area (Å²) in [6, 6.07) is 7.81. The molecule has 18 heavy (non-hydrogen) atoms. The first-order valence-electron chi connectivity index (χ1n) is 5.50. The fraction of sp³-hybridized carbons (Fsp3) is 0.167. The van der Waals surface area contributed by atoms with E-state index in [-0.39, 0.29) is 0 Å². The van der Waals surface area contributed by atoms with Crippen molar-refractivity contribution in [2.75, 3.05) is 7.11 Å². The molecular weight excluding hydrogens is 248 g/mol. The van der Waals surface area contributed by atoms with Crippen molar-refractivity contribution in [3.8, 4) is 17.0 Å². The Hall–Kier alpha value is -1.92. The maximum Gasteiger partial charge on any atom is 0.212 e. The lowest BCUT2D eigenvalue weighted by Crippen LogP contribution is -1.95. The largest absolute Gasteiger partial charge is 0.497 e. The summed E-state index contributed by atoms with van der Waals surface area (Å²) in [6.45, 7) is 0.447. The summed E-state index contributed by atoms with van der Waals surface area (Å²) in [5.74, 6) is 0.819. The van der Waals surface area contributed by atoms with Gasteiger partial charge in [0.1, 0.15) is 10.8 Å². The molecule has 0 atom stereocenters. The zero-order valence-electron chi connectivity index (χ0n) is 9.83. The van der Waals surface area contributed by atoms with Crippen molar-refractivity contribution < 1.29 is 4.74 Å². The zero-order chi connectivity index (χ0) is 12.5. The fourth-order valence-electron chi connectivity index (χ4n) is 1.75. The second-order valence-electron chi connectivity index (χ2n) is 3.79. The zero-order valence-corrected chi connectivity index (χ0v) is 10.6. The van der Waals surface area contributed by atoms with Crippen molar-refractivity contribution in [1.82, 2.24) is 14.6 Å². The highest BCUT2D eigenvalue weighted by Gasteiger charge is 2.09. The molecule has 0 spiro atoms. The first kappa shape index (κ1) is 11.2. The van der Waals surface area contributed by atoms with Gasteiger partial charge in [0, 0.05) is 12.1 Å². The summed E-state index contributed by atoms with van der Waals surface area (Å²) >= 11 is 1.51. The van der Waals surface area contributed by atoms with Crippen LogP contribution in [0.3, 0.4) is 0 Å². The monoisotopic (exact) mass is 260 g/mol. The maximum atomic E-state index is 5.55. The first-order valence-corrected chi connectivity index (χ1v) is 6.31. The average Bonchev–Trinajstić information content (AvgIpc) is 2.96. The van der Waals surface area contributed by atoms with E-state index in [0.717, 1.165) is 27.0 Å². The molecule has 2 heterocycles. The molecule has 0 aliphatic rings. The molecule has 0 bridgehead atoms. The number of nitrogens with zero attached hydrogens (tertiary/aromatic N) is 3. The van der Waals surface area contributed by atoms with Crippen LogP contribution in [0.1, 0.15) is 5.01 Å². The summed E-state index contributed by atoms with van der Waals surface area (Å²) < 4.78 is 6.97. The second kappa shape index (κ2) is 4.40. The molecule has 0 unspecified atom stereocenters. The van der Waals surface area contributed by atoms with Crippen LogP contribution >= 0.6 is 11.3 Å². The molecule has 5 nitrogen and oxygen atoms in total. The van der Waals surface area contributed by atoms with Crippen molar-refractivity contribution in [1.29, 1.82) is 0 Å². The maximum absolute atomic E-state index is 5.55. The number of imidazole rings is 1. The summed E-state index contributed by atoms with van der Waals surface area (Å²) in [5.41, 5.74) is 7.45. The molecule has 3 aromatic rings. The van der Waals surface area contributed by atoms with Crippen LogP contribution in [0.4, 0.5) is 0 Å². The molecule has 0 amide bonds. The van der Waals surface area contributed by atoms with Crippen molar-refractivity contribution in [3.05, 3.63) is 35.5 Å². The van der Waals surface area contributed by atoms with Gasteiger partial charge in [-0.1, -0.05) is 23.5 Å². The lowest BCUT2D eigenvalue weighted by molar-refractivity contribution is 0.415. The molecule has 0 saturated heterocycles. The standard InChI is InChI=1S/C12H12N4OS/c1-17-9-4-2-3-8(5-9)10-7-16-12(14-10)18-11(6-13)15-16/h2-5,7H,6,13H2,1H3. The van der Waals surface area contributed by atoms with Gasteiger partial charge in [0.25, 0.3) is 0 Å². The third kappa shape index (κ3) is 1.85. The van der Waals surface area contributed by atoms with E-state index in [1.807, 2.05) is 30.5 Å². The number of fused-ring (bicyclic) bond motifs is 1. The van der Waals surface area contributed by atoms with Crippen molar-refractivity contribution >= 4 is 16.3 Å². The van der Waals surface area contributed by atoms with Crippen LogP contribution in [-0.2, 0) is 6.54 Å². The van der Waals surface area contributed by atoms with E-state index in [1.165, 1.54) is 11.3 Å². The van der Waals surface area contributed by atoms with Crippen molar-refractivity contribution in [2.45, 2.75) is 6.54 Å². The minimum absolute atomic E-state index is 0.447. The molecule has 0 aliphatic carbocycles. The number of ether oxygens (including phenoxy) is 1. The second-order valence-corrected chi connectivity index (χ2v) is 4.83. The van der Waals surface area contributed by atoms with E-state index >= 15 is 0 Å². The Kier molecular flexibility index (Phi) is 2.73. The van der Waals surface area contributed by atoms with E-state index in [2.05, 4.69) is 10.1 Å². The Labute approximate surface area is 108 Å². The summed E-state index contributed by atoms with van der Waals surface area (Å²) in [5, 5.41) is 5.22. The van der Waals surface area contributed by atoms with Crippen LogP contribution < -0.4 is 10.5 Å². The van der Waals surface area contributed by atoms with Gasteiger partial charge < -0.3 is 10.5 Å². The van der Waals surface area contributed by atoms with Crippen LogP contribution in [0.5, 0.6) is 5.75 Å². The number of methoxy groups -OCH3 is 1. The molecule has 0 aliphatic heterocycles. The minimum Gasteiger partial charge on any atom is -0.497 e. The Morgan fingerprint density at radius 1 is 1.44 bits per heavy atom. The highest BCUT2D eigenvalue weighted by atomic mass is 32.1. The van der Waals surface area contributed by atoms with Gasteiger partial charge >= 0.3 is 0 Å². The summed E-state index contributed by atoms with van der Waals surface area (Å²) in [6.07, 6.45) is 1.90. The lowest BCUT2D eigenvalue weighted by Gasteiger charge is -2.00. The average molecular weight is 260 g/mol. The molecule has 92 valence electrons.